The fraction of sp³-hybridized carbons (Fsp3) is 0. The zero-order chi connectivity index (χ0) is 9.78. The second kappa shape index (κ2) is 14.6. The van der Waals surface area contributed by atoms with Crippen LogP contribution in [0.15, 0.2) is 73.3 Å². The Bertz CT molecular complexity index is 180. The van der Waals surface area contributed by atoms with Gasteiger partial charge in [0.1, 0.15) is 0 Å². The van der Waals surface area contributed by atoms with Gasteiger partial charge in [0.2, 0.25) is 0 Å². The standard InChI is InChI=1S/2C5H5.C3H5.Ta/c2*1-2-4-5-3-1;1-3-2;/h2*1-5H;3H,1-2H2;/q3*-1;. The molecule has 0 fully saturated rings. The molecule has 0 heterocycles. The van der Waals surface area contributed by atoms with Gasteiger partial charge < -0.3 is 0 Å². The van der Waals surface area contributed by atoms with Gasteiger partial charge in [0.25, 0.3) is 0 Å². The Morgan fingerprint density at radius 2 is 1.07 bits per heavy atom. The molecule has 2 aromatic carbocycles. The Labute approximate surface area is 103 Å². The second-order valence-electron chi connectivity index (χ2n) is 2.21. The van der Waals surface area contributed by atoms with Crippen LogP contribution in [-0.4, -0.2) is 0 Å². The van der Waals surface area contributed by atoms with Gasteiger partial charge >= 0.3 is 0 Å². The van der Waals surface area contributed by atoms with Crippen LogP contribution in [0.1, 0.15) is 0 Å². The Balaban J connectivity index is 0. The van der Waals surface area contributed by atoms with E-state index in [2.05, 4.69) is 13.5 Å². The van der Waals surface area contributed by atoms with Crippen molar-refractivity contribution in [3.05, 3.63) is 80.2 Å². The zero-order valence-electron chi connectivity index (χ0n) is 8.21. The van der Waals surface area contributed by atoms with Gasteiger partial charge in [-0.3, -0.25) is 0 Å². The molecule has 0 nitrogen and oxygen atoms in total. The third kappa shape index (κ3) is 13.6. The summed E-state index contributed by atoms with van der Waals surface area (Å²) < 4.78 is 0. The van der Waals surface area contributed by atoms with E-state index >= 15 is 0 Å². The molecule has 1 radical (unpaired) electrons. The third-order valence-corrected chi connectivity index (χ3v) is 1.11. The first-order chi connectivity index (χ1) is 6.41. The van der Waals surface area contributed by atoms with Crippen LogP contribution in [0.5, 0.6) is 0 Å². The van der Waals surface area contributed by atoms with Gasteiger partial charge in [-0.2, -0.15) is 36.4 Å². The number of hydrogen-bond acceptors (Lipinski definition) is 0. The van der Waals surface area contributed by atoms with Crippen molar-refractivity contribution in [1.29, 1.82) is 0 Å². The van der Waals surface area contributed by atoms with E-state index < -0.39 is 0 Å². The number of rotatable bonds is 0. The summed E-state index contributed by atoms with van der Waals surface area (Å²) in [6.07, 6.45) is 1.50. The topological polar surface area (TPSA) is 0 Å². The SMILES string of the molecule is C=C[CH2-].[Ta].c1cc[cH-]c1.c1cc[cH-]c1. The smallest absolute Gasteiger partial charge is 0 e. The molecule has 0 bridgehead atoms. The van der Waals surface area contributed by atoms with E-state index in [0.29, 0.717) is 0 Å². The van der Waals surface area contributed by atoms with Gasteiger partial charge in [0.15, 0.2) is 0 Å². The van der Waals surface area contributed by atoms with E-state index in [1.54, 1.807) is 0 Å². The zero-order valence-corrected chi connectivity index (χ0v) is 11.4. The molecule has 0 aromatic heterocycles. The summed E-state index contributed by atoms with van der Waals surface area (Å²) in [5.74, 6) is 0. The number of allylic oxidation sites excluding steroid dienone is 1. The molecular weight excluding hydrogens is 337 g/mol. The molecule has 0 aliphatic heterocycles. The first-order valence-electron chi connectivity index (χ1n) is 4.15. The molecule has 0 aliphatic carbocycles. The molecule has 0 atom stereocenters. The molecule has 75 valence electrons. The van der Waals surface area contributed by atoms with Crippen LogP contribution in [0, 0.1) is 6.92 Å². The predicted octanol–water partition coefficient (Wildman–Crippen LogP) is 3.81. The quantitative estimate of drug-likeness (QED) is 0.633. The van der Waals surface area contributed by atoms with Crippen molar-refractivity contribution in [2.45, 2.75) is 0 Å². The molecule has 0 saturated carbocycles. The minimum atomic E-state index is 0. The molecule has 0 unspecified atom stereocenters. The summed E-state index contributed by atoms with van der Waals surface area (Å²) in [5.41, 5.74) is 0. The van der Waals surface area contributed by atoms with E-state index in [1.165, 1.54) is 6.08 Å². The van der Waals surface area contributed by atoms with Crippen LogP contribution in [0.3, 0.4) is 0 Å². The van der Waals surface area contributed by atoms with Crippen LogP contribution in [-0.2, 0) is 22.4 Å². The first-order valence-corrected chi connectivity index (χ1v) is 4.15. The van der Waals surface area contributed by atoms with Crippen molar-refractivity contribution in [1.82, 2.24) is 0 Å². The molecule has 2 rings (SSSR count). The summed E-state index contributed by atoms with van der Waals surface area (Å²) >= 11 is 0. The normalized spacial score (nSPS) is 6.57. The van der Waals surface area contributed by atoms with Gasteiger partial charge in [0, 0.05) is 22.4 Å². The monoisotopic (exact) mass is 352 g/mol. The van der Waals surface area contributed by atoms with Crippen LogP contribution >= 0.6 is 0 Å². The van der Waals surface area contributed by atoms with Gasteiger partial charge in [-0.1, -0.05) is 0 Å². The van der Waals surface area contributed by atoms with Crippen LogP contribution in [0.2, 0.25) is 0 Å². The molecule has 14 heavy (non-hydrogen) atoms. The van der Waals surface area contributed by atoms with Gasteiger partial charge in [-0.25, -0.2) is 43.8 Å². The van der Waals surface area contributed by atoms with Crippen molar-refractivity contribution < 1.29 is 22.4 Å². The molecule has 2 aromatic rings. The van der Waals surface area contributed by atoms with Crippen molar-refractivity contribution in [2.75, 3.05) is 0 Å². The molecule has 0 N–H and O–H groups in total. The van der Waals surface area contributed by atoms with E-state index in [-0.39, 0.29) is 22.4 Å². The molecule has 0 amide bonds. The van der Waals surface area contributed by atoms with Crippen molar-refractivity contribution >= 4 is 0 Å². The van der Waals surface area contributed by atoms with E-state index in [1.807, 2.05) is 60.7 Å². The molecule has 0 aliphatic rings. The average molecular weight is 352 g/mol. The van der Waals surface area contributed by atoms with Crippen molar-refractivity contribution in [2.24, 2.45) is 0 Å². The maximum atomic E-state index is 3.25. The molecule has 1 heteroatoms. The maximum Gasteiger partial charge on any atom is 0 e. The average Bonchev–Trinajstić information content (AvgIpc) is 2.85. The second-order valence-corrected chi connectivity index (χ2v) is 2.21. The predicted molar refractivity (Wildman–Crippen MR) is 59.6 cm³/mol. The van der Waals surface area contributed by atoms with Crippen LogP contribution in [0.25, 0.3) is 0 Å². The fourth-order valence-corrected chi connectivity index (χ4v) is 0.642. The maximum absolute atomic E-state index is 3.25. The Kier molecular flexibility index (Phi) is 16.1. The number of hydrogen-bond donors (Lipinski definition) is 0. The summed E-state index contributed by atoms with van der Waals surface area (Å²) in [5, 5.41) is 0. The summed E-state index contributed by atoms with van der Waals surface area (Å²) in [7, 11) is 0. The van der Waals surface area contributed by atoms with Crippen LogP contribution in [0.4, 0.5) is 0 Å². The van der Waals surface area contributed by atoms with E-state index in [0.717, 1.165) is 0 Å². The molecule has 0 spiro atoms. The van der Waals surface area contributed by atoms with Gasteiger partial charge in [0.05, 0.1) is 0 Å². The largest absolute Gasteiger partial charge is 0.245 e. The minimum absolute atomic E-state index is 0. The molecular formula is C13H15Ta-3. The van der Waals surface area contributed by atoms with Crippen molar-refractivity contribution in [3.8, 4) is 0 Å². The molecule has 0 saturated heterocycles. The summed E-state index contributed by atoms with van der Waals surface area (Å²) in [6.45, 7) is 6.50. The summed E-state index contributed by atoms with van der Waals surface area (Å²) in [4.78, 5) is 0. The third-order valence-electron chi connectivity index (χ3n) is 1.11. The first kappa shape index (κ1) is 15.5. The van der Waals surface area contributed by atoms with Crippen molar-refractivity contribution in [3.63, 3.8) is 0 Å². The minimum Gasteiger partial charge on any atom is -0.245 e. The van der Waals surface area contributed by atoms with E-state index in [9.17, 15) is 0 Å². The van der Waals surface area contributed by atoms with Gasteiger partial charge in [-0.15, -0.1) is 0 Å². The Morgan fingerprint density at radius 3 is 1.14 bits per heavy atom. The fourth-order valence-electron chi connectivity index (χ4n) is 0.642. The van der Waals surface area contributed by atoms with Gasteiger partial charge in [-0.05, 0) is 0 Å². The Morgan fingerprint density at radius 1 is 0.857 bits per heavy atom. The van der Waals surface area contributed by atoms with Crippen LogP contribution < -0.4 is 0 Å². The Hall–Kier alpha value is -0.950. The van der Waals surface area contributed by atoms with E-state index in [4.69, 9.17) is 0 Å². The summed E-state index contributed by atoms with van der Waals surface area (Å²) in [6, 6.07) is 20.0.